The van der Waals surface area contributed by atoms with Gasteiger partial charge in [-0.2, -0.15) is 13.9 Å². The van der Waals surface area contributed by atoms with Gasteiger partial charge in [0.05, 0.1) is 12.1 Å². The summed E-state index contributed by atoms with van der Waals surface area (Å²) >= 11 is 0. The first-order valence-electron chi connectivity index (χ1n) is 8.93. The predicted octanol–water partition coefficient (Wildman–Crippen LogP) is 2.17. The zero-order chi connectivity index (χ0) is 21.8. The minimum atomic E-state index is -3.58. The van der Waals surface area contributed by atoms with Crippen LogP contribution in [0.3, 0.4) is 0 Å². The van der Waals surface area contributed by atoms with E-state index in [1.165, 1.54) is 22.7 Å². The third-order valence-corrected chi connectivity index (χ3v) is 5.09. The number of imide groups is 1. The third-order valence-electron chi connectivity index (χ3n) is 5.09. The maximum absolute atomic E-state index is 14.9. The minimum Gasteiger partial charge on any atom is -0.465 e. The van der Waals surface area contributed by atoms with Crippen LogP contribution >= 0.6 is 0 Å². The number of alkyl halides is 2. The summed E-state index contributed by atoms with van der Waals surface area (Å²) in [5.74, 6) is -4.88. The van der Waals surface area contributed by atoms with Crippen LogP contribution in [0.5, 0.6) is 0 Å². The van der Waals surface area contributed by atoms with E-state index in [2.05, 4.69) is 10.4 Å². The number of hydrogen-bond donors (Lipinski definition) is 2. The lowest BCUT2D eigenvalue weighted by Gasteiger charge is -2.31. The second-order valence-electron chi connectivity index (χ2n) is 7.04. The van der Waals surface area contributed by atoms with Gasteiger partial charge in [-0.05, 0) is 12.1 Å². The highest BCUT2D eigenvalue weighted by atomic mass is 19.3. The van der Waals surface area contributed by atoms with Crippen LogP contribution < -0.4 is 10.2 Å². The molecule has 4 amide bonds. The van der Waals surface area contributed by atoms with Gasteiger partial charge in [0.1, 0.15) is 5.82 Å². The summed E-state index contributed by atoms with van der Waals surface area (Å²) in [4.78, 5) is 36.2. The lowest BCUT2D eigenvalue weighted by molar-refractivity contribution is -0.120. The Kier molecular flexibility index (Phi) is 4.44. The van der Waals surface area contributed by atoms with E-state index in [0.29, 0.717) is 10.4 Å². The molecule has 12 heteroatoms. The fraction of sp³-hybridized carbons (Fsp3) is 0.333. The fourth-order valence-electron chi connectivity index (χ4n) is 3.62. The number of carbonyl (C=O) groups is 3. The van der Waals surface area contributed by atoms with Crippen molar-refractivity contribution in [3.63, 3.8) is 0 Å². The Morgan fingerprint density at radius 3 is 2.67 bits per heavy atom. The Bertz CT molecular complexity index is 1130. The van der Waals surface area contributed by atoms with Crippen LogP contribution in [-0.4, -0.2) is 63.4 Å². The molecule has 2 N–H and O–H groups in total. The number of carboxylic acid groups (broad SMARTS) is 1. The van der Waals surface area contributed by atoms with Gasteiger partial charge in [-0.3, -0.25) is 24.6 Å². The molecule has 1 saturated heterocycles. The number of aryl methyl sites for hydroxylation is 1. The zero-order valence-corrected chi connectivity index (χ0v) is 15.7. The highest BCUT2D eigenvalue weighted by molar-refractivity contribution is 6.09. The van der Waals surface area contributed by atoms with Crippen molar-refractivity contribution in [2.45, 2.75) is 12.3 Å². The van der Waals surface area contributed by atoms with Gasteiger partial charge in [0.15, 0.2) is 5.82 Å². The maximum atomic E-state index is 14.9. The Morgan fingerprint density at radius 2 is 2.03 bits per heavy atom. The predicted molar refractivity (Wildman–Crippen MR) is 98.7 cm³/mol. The lowest BCUT2D eigenvalue weighted by atomic mass is 9.94. The number of nitrogens with one attached hydrogen (secondary N) is 1. The minimum absolute atomic E-state index is 0.0452. The molecule has 0 atom stereocenters. The number of nitrogens with zero attached hydrogens (tertiary/aromatic N) is 4. The summed E-state index contributed by atoms with van der Waals surface area (Å²) < 4.78 is 45.4. The van der Waals surface area contributed by atoms with E-state index in [9.17, 15) is 27.6 Å². The van der Waals surface area contributed by atoms with Crippen LogP contribution in [0.1, 0.15) is 12.0 Å². The SMILES string of the molecule is Cn1nc(N2CCC(=O)NC2=O)c2cc(F)c(C3=CCN(C(=O)O)CC3(F)F)cc21. The van der Waals surface area contributed by atoms with Crippen molar-refractivity contribution in [3.05, 3.63) is 29.6 Å². The Labute approximate surface area is 167 Å². The van der Waals surface area contributed by atoms with E-state index in [0.717, 1.165) is 12.1 Å². The lowest BCUT2D eigenvalue weighted by Crippen LogP contribution is -2.49. The van der Waals surface area contributed by atoms with Crippen molar-refractivity contribution in [3.8, 4) is 0 Å². The van der Waals surface area contributed by atoms with Crippen molar-refractivity contribution in [2.75, 3.05) is 24.5 Å². The molecule has 3 heterocycles. The molecule has 2 aliphatic heterocycles. The summed E-state index contributed by atoms with van der Waals surface area (Å²) in [6, 6.07) is 1.51. The Balaban J connectivity index is 1.79. The second-order valence-corrected chi connectivity index (χ2v) is 7.04. The molecular weight excluding hydrogens is 407 g/mol. The average molecular weight is 423 g/mol. The maximum Gasteiger partial charge on any atom is 0.407 e. The number of hydrogen-bond acceptors (Lipinski definition) is 4. The molecule has 1 fully saturated rings. The third kappa shape index (κ3) is 3.13. The molecule has 30 heavy (non-hydrogen) atoms. The summed E-state index contributed by atoms with van der Waals surface area (Å²) in [5, 5.41) is 15.5. The van der Waals surface area contributed by atoms with Crippen LogP contribution in [0.25, 0.3) is 16.5 Å². The first-order chi connectivity index (χ1) is 14.1. The van der Waals surface area contributed by atoms with E-state index in [-0.39, 0.29) is 36.3 Å². The van der Waals surface area contributed by atoms with Gasteiger partial charge in [0, 0.05) is 43.1 Å². The van der Waals surface area contributed by atoms with Crippen LogP contribution in [0.4, 0.5) is 28.6 Å². The summed E-state index contributed by atoms with van der Waals surface area (Å²) in [7, 11) is 1.51. The van der Waals surface area contributed by atoms with Gasteiger partial charge in [0.25, 0.3) is 5.92 Å². The van der Waals surface area contributed by atoms with Gasteiger partial charge in [-0.1, -0.05) is 6.08 Å². The number of anilines is 1. The molecule has 0 aliphatic carbocycles. The fourth-order valence-corrected chi connectivity index (χ4v) is 3.62. The van der Waals surface area contributed by atoms with Crippen LogP contribution in [-0.2, 0) is 11.8 Å². The molecule has 2 aliphatic rings. The molecule has 1 aromatic heterocycles. The Hall–Kier alpha value is -3.57. The van der Waals surface area contributed by atoms with Crippen molar-refractivity contribution < 1.29 is 32.7 Å². The van der Waals surface area contributed by atoms with E-state index < -0.39 is 41.9 Å². The number of fused-ring (bicyclic) bond motifs is 1. The van der Waals surface area contributed by atoms with Crippen molar-refractivity contribution in [1.82, 2.24) is 20.0 Å². The first kappa shape index (κ1) is 19.7. The van der Waals surface area contributed by atoms with E-state index in [4.69, 9.17) is 5.11 Å². The number of carbonyl (C=O) groups excluding carboxylic acids is 2. The van der Waals surface area contributed by atoms with E-state index >= 15 is 0 Å². The largest absolute Gasteiger partial charge is 0.465 e. The van der Waals surface area contributed by atoms with E-state index in [1.807, 2.05) is 0 Å². The number of urea groups is 1. The topological polar surface area (TPSA) is 108 Å². The van der Waals surface area contributed by atoms with Crippen LogP contribution in [0.2, 0.25) is 0 Å². The van der Waals surface area contributed by atoms with Gasteiger partial charge in [-0.15, -0.1) is 0 Å². The molecule has 2 aromatic rings. The molecule has 0 spiro atoms. The summed E-state index contributed by atoms with van der Waals surface area (Å²) in [5.41, 5.74) is -0.683. The van der Waals surface area contributed by atoms with Crippen molar-refractivity contribution >= 4 is 40.3 Å². The number of amides is 4. The molecule has 0 radical (unpaired) electrons. The smallest absolute Gasteiger partial charge is 0.407 e. The van der Waals surface area contributed by atoms with Gasteiger partial charge < -0.3 is 5.11 Å². The molecule has 0 saturated carbocycles. The number of rotatable bonds is 2. The monoisotopic (exact) mass is 423 g/mol. The zero-order valence-electron chi connectivity index (χ0n) is 15.7. The first-order valence-corrected chi connectivity index (χ1v) is 8.93. The summed E-state index contributed by atoms with van der Waals surface area (Å²) in [6.45, 7) is -1.32. The van der Waals surface area contributed by atoms with Crippen molar-refractivity contribution in [2.24, 2.45) is 7.05 Å². The highest BCUT2D eigenvalue weighted by Crippen LogP contribution is 2.39. The number of aromatic nitrogens is 2. The normalized spacial score (nSPS) is 19.1. The molecule has 4 rings (SSSR count). The quantitative estimate of drug-likeness (QED) is 0.770. The molecular formula is C18H16F3N5O4. The van der Waals surface area contributed by atoms with Crippen molar-refractivity contribution in [1.29, 1.82) is 0 Å². The van der Waals surface area contributed by atoms with Crippen LogP contribution in [0, 0.1) is 5.82 Å². The number of benzene rings is 1. The molecule has 0 unspecified atom stereocenters. The molecule has 158 valence electrons. The van der Waals surface area contributed by atoms with Gasteiger partial charge in [-0.25, -0.2) is 14.0 Å². The van der Waals surface area contributed by atoms with E-state index in [1.54, 1.807) is 0 Å². The molecule has 9 nitrogen and oxygen atoms in total. The second kappa shape index (κ2) is 6.75. The standard InChI is InChI=1S/C18H16F3N5O4/c1-24-13-7-9(11-2-4-25(17(29)30)8-18(11,20)21)12(19)6-10(13)15(23-24)26-5-3-14(27)22-16(26)28/h2,6-7H,3-5,8H2,1H3,(H,29,30)(H,22,27,28). The number of halogens is 3. The summed E-state index contributed by atoms with van der Waals surface area (Å²) in [6.07, 6.45) is -0.456. The Morgan fingerprint density at radius 1 is 1.30 bits per heavy atom. The molecule has 0 bridgehead atoms. The molecule has 1 aromatic carbocycles. The van der Waals surface area contributed by atoms with Crippen LogP contribution in [0.15, 0.2) is 18.2 Å². The van der Waals surface area contributed by atoms with Gasteiger partial charge in [0.2, 0.25) is 5.91 Å². The average Bonchev–Trinajstić information content (AvgIpc) is 2.96. The van der Waals surface area contributed by atoms with Gasteiger partial charge >= 0.3 is 12.1 Å². The highest BCUT2D eigenvalue weighted by Gasteiger charge is 2.42.